The van der Waals surface area contributed by atoms with Gasteiger partial charge >= 0.3 is 5.63 Å². The van der Waals surface area contributed by atoms with Crippen LogP contribution in [0.5, 0.6) is 0 Å². The number of fused-ring (bicyclic) bond motifs is 1. The summed E-state index contributed by atoms with van der Waals surface area (Å²) in [5, 5.41) is 11.6. The minimum Gasteiger partial charge on any atom is -0.403 e. The maximum absolute atomic E-state index is 12.1. The predicted molar refractivity (Wildman–Crippen MR) is 84.6 cm³/mol. The highest BCUT2D eigenvalue weighted by Gasteiger charge is 2.13. The molecule has 112 valence electrons. The Labute approximate surface area is 131 Å². The number of anilines is 1. The molecule has 3 rings (SSSR count). The summed E-state index contributed by atoms with van der Waals surface area (Å²) >= 11 is 0. The van der Waals surface area contributed by atoms with Gasteiger partial charge in [-0.05, 0) is 24.3 Å². The number of para-hydroxylation sites is 2. The smallest absolute Gasteiger partial charge is 0.347 e. The maximum Gasteiger partial charge on any atom is 0.347 e. The van der Waals surface area contributed by atoms with Crippen molar-refractivity contribution in [3.63, 3.8) is 0 Å². The predicted octanol–water partition coefficient (Wildman–Crippen LogP) is 2.71. The topological polar surface area (TPSA) is 96.0 Å². The summed E-state index contributed by atoms with van der Waals surface area (Å²) in [5.74, 6) is -0.329. The third kappa shape index (κ3) is 2.94. The molecule has 0 aliphatic carbocycles. The Morgan fingerprint density at radius 2 is 1.91 bits per heavy atom. The van der Waals surface area contributed by atoms with Gasteiger partial charge in [-0.1, -0.05) is 24.3 Å². The molecule has 23 heavy (non-hydrogen) atoms. The van der Waals surface area contributed by atoms with E-state index >= 15 is 0 Å². The highest BCUT2D eigenvalue weighted by atomic mass is 16.4. The van der Waals surface area contributed by atoms with Gasteiger partial charge in [0.1, 0.15) is 6.42 Å². The molecule has 0 spiro atoms. The van der Waals surface area contributed by atoms with Gasteiger partial charge < -0.3 is 9.73 Å². The number of nitrogens with zero attached hydrogens (tertiary/aromatic N) is 2. The SMILES string of the molecule is N#CCC(=O)Nc1ccccc1-c1nc2ccccc2c(=O)o1. The molecule has 0 aliphatic heterocycles. The molecule has 0 saturated heterocycles. The fraction of sp³-hybridized carbons (Fsp3) is 0.0588. The first-order valence-electron chi connectivity index (χ1n) is 6.85. The van der Waals surface area contributed by atoms with Crippen molar-refractivity contribution >= 4 is 22.5 Å². The molecule has 0 bridgehead atoms. The van der Waals surface area contributed by atoms with Crippen molar-refractivity contribution in [3.05, 3.63) is 59.0 Å². The number of benzene rings is 2. The van der Waals surface area contributed by atoms with Crippen LogP contribution in [0.15, 0.2) is 57.7 Å². The third-order valence-electron chi connectivity index (χ3n) is 3.21. The van der Waals surface area contributed by atoms with Crippen molar-refractivity contribution in [3.8, 4) is 17.5 Å². The fourth-order valence-electron chi connectivity index (χ4n) is 2.18. The lowest BCUT2D eigenvalue weighted by Crippen LogP contribution is -2.11. The van der Waals surface area contributed by atoms with E-state index in [0.717, 1.165) is 0 Å². The number of nitrogens with one attached hydrogen (secondary N) is 1. The van der Waals surface area contributed by atoms with E-state index in [1.54, 1.807) is 54.6 Å². The highest BCUT2D eigenvalue weighted by molar-refractivity contribution is 5.95. The zero-order valence-corrected chi connectivity index (χ0v) is 11.9. The molecule has 0 atom stereocenters. The Bertz CT molecular complexity index is 986. The van der Waals surface area contributed by atoms with E-state index < -0.39 is 11.5 Å². The number of aromatic nitrogens is 1. The molecular formula is C17H11N3O3. The molecule has 1 amide bonds. The van der Waals surface area contributed by atoms with Crippen molar-refractivity contribution in [2.24, 2.45) is 0 Å². The number of nitriles is 1. The number of hydrogen-bond donors (Lipinski definition) is 1. The van der Waals surface area contributed by atoms with E-state index in [9.17, 15) is 9.59 Å². The first-order valence-corrected chi connectivity index (χ1v) is 6.85. The van der Waals surface area contributed by atoms with Crippen LogP contribution in [0.2, 0.25) is 0 Å². The lowest BCUT2D eigenvalue weighted by Gasteiger charge is -2.09. The first-order chi connectivity index (χ1) is 11.2. The number of amides is 1. The molecule has 0 unspecified atom stereocenters. The molecule has 0 saturated carbocycles. The number of hydrogen-bond acceptors (Lipinski definition) is 5. The molecule has 0 aliphatic rings. The van der Waals surface area contributed by atoms with Gasteiger partial charge in [-0.3, -0.25) is 4.79 Å². The molecule has 6 nitrogen and oxygen atoms in total. The molecule has 6 heteroatoms. The molecule has 1 aromatic heterocycles. The standard InChI is InChI=1S/C17H11N3O3/c18-10-9-15(21)19-13-7-3-1-5-11(13)16-20-14-8-4-2-6-12(14)17(22)23-16/h1-8H,9H2,(H,19,21). The Balaban J connectivity index is 2.11. The van der Waals surface area contributed by atoms with Crippen LogP contribution in [0.3, 0.4) is 0 Å². The third-order valence-corrected chi connectivity index (χ3v) is 3.21. The molecular weight excluding hydrogens is 294 g/mol. The molecule has 2 aromatic carbocycles. The maximum atomic E-state index is 12.1. The van der Waals surface area contributed by atoms with Crippen LogP contribution < -0.4 is 10.9 Å². The number of carbonyl (C=O) groups excluding carboxylic acids is 1. The minimum absolute atomic E-state index is 0.113. The lowest BCUT2D eigenvalue weighted by atomic mass is 10.1. The quantitative estimate of drug-likeness (QED) is 0.802. The minimum atomic E-state index is -0.497. The van der Waals surface area contributed by atoms with Crippen LogP contribution in [-0.2, 0) is 4.79 Å². The van der Waals surface area contributed by atoms with Crippen LogP contribution in [0.25, 0.3) is 22.4 Å². The second kappa shape index (κ2) is 6.12. The summed E-state index contributed by atoms with van der Waals surface area (Å²) in [7, 11) is 0. The Morgan fingerprint density at radius 3 is 2.74 bits per heavy atom. The van der Waals surface area contributed by atoms with Gasteiger partial charge in [0.25, 0.3) is 0 Å². The van der Waals surface area contributed by atoms with Crippen LogP contribution >= 0.6 is 0 Å². The molecule has 1 heterocycles. The van der Waals surface area contributed by atoms with Gasteiger partial charge in [0.2, 0.25) is 11.8 Å². The Hall–Kier alpha value is -3.46. The van der Waals surface area contributed by atoms with Crippen LogP contribution in [0.4, 0.5) is 5.69 Å². The fourth-order valence-corrected chi connectivity index (χ4v) is 2.18. The Morgan fingerprint density at radius 1 is 1.17 bits per heavy atom. The Kier molecular flexibility index (Phi) is 3.85. The van der Waals surface area contributed by atoms with E-state index in [0.29, 0.717) is 22.2 Å². The summed E-state index contributed by atoms with van der Waals surface area (Å²) < 4.78 is 5.28. The molecule has 0 fully saturated rings. The summed E-state index contributed by atoms with van der Waals surface area (Å²) in [6.45, 7) is 0. The van der Waals surface area contributed by atoms with E-state index in [1.807, 2.05) is 0 Å². The van der Waals surface area contributed by atoms with Crippen molar-refractivity contribution in [2.45, 2.75) is 6.42 Å². The van der Waals surface area contributed by atoms with Gasteiger partial charge in [0.15, 0.2) is 0 Å². The van der Waals surface area contributed by atoms with E-state index in [1.165, 1.54) is 0 Å². The van der Waals surface area contributed by atoms with Gasteiger partial charge in [-0.25, -0.2) is 9.78 Å². The zero-order chi connectivity index (χ0) is 16.2. The summed E-state index contributed by atoms with van der Waals surface area (Å²) in [6.07, 6.45) is -0.260. The molecule has 3 aromatic rings. The van der Waals surface area contributed by atoms with Crippen LogP contribution in [0, 0.1) is 11.3 Å². The lowest BCUT2D eigenvalue weighted by molar-refractivity contribution is -0.115. The van der Waals surface area contributed by atoms with Crippen molar-refractivity contribution in [1.82, 2.24) is 4.98 Å². The van der Waals surface area contributed by atoms with Crippen molar-refractivity contribution in [1.29, 1.82) is 5.26 Å². The highest BCUT2D eigenvalue weighted by Crippen LogP contribution is 2.26. The molecule has 1 N–H and O–H groups in total. The van der Waals surface area contributed by atoms with Crippen molar-refractivity contribution < 1.29 is 9.21 Å². The van der Waals surface area contributed by atoms with E-state index in [-0.39, 0.29) is 12.3 Å². The van der Waals surface area contributed by atoms with Crippen LogP contribution in [-0.4, -0.2) is 10.9 Å². The van der Waals surface area contributed by atoms with Crippen LogP contribution in [0.1, 0.15) is 6.42 Å². The first kappa shape index (κ1) is 14.5. The normalized spacial score (nSPS) is 10.2. The van der Waals surface area contributed by atoms with Gasteiger partial charge in [-0.2, -0.15) is 5.26 Å². The second-order valence-corrected chi connectivity index (χ2v) is 4.75. The van der Waals surface area contributed by atoms with Crippen molar-refractivity contribution in [2.75, 3.05) is 5.32 Å². The van der Waals surface area contributed by atoms with E-state index in [2.05, 4.69) is 10.3 Å². The zero-order valence-electron chi connectivity index (χ0n) is 11.9. The monoisotopic (exact) mass is 305 g/mol. The van der Waals surface area contributed by atoms with Gasteiger partial charge in [0, 0.05) is 0 Å². The summed E-state index contributed by atoms with van der Waals surface area (Å²) in [5.41, 5.74) is 0.918. The van der Waals surface area contributed by atoms with Gasteiger partial charge in [-0.15, -0.1) is 0 Å². The van der Waals surface area contributed by atoms with E-state index in [4.69, 9.17) is 9.68 Å². The average Bonchev–Trinajstić information content (AvgIpc) is 2.55. The number of carbonyl (C=O) groups is 1. The average molecular weight is 305 g/mol. The summed E-state index contributed by atoms with van der Waals surface area (Å²) in [4.78, 5) is 28.0. The largest absolute Gasteiger partial charge is 0.403 e. The number of rotatable bonds is 3. The van der Waals surface area contributed by atoms with Gasteiger partial charge in [0.05, 0.1) is 28.2 Å². The summed E-state index contributed by atoms with van der Waals surface area (Å²) in [6, 6.07) is 15.4. The second-order valence-electron chi connectivity index (χ2n) is 4.75. The molecule has 0 radical (unpaired) electrons.